The Kier molecular flexibility index (Phi) is 7.56. The quantitative estimate of drug-likeness (QED) is 0.329. The van der Waals surface area contributed by atoms with E-state index in [0.29, 0.717) is 12.5 Å². The Hall–Kier alpha value is -2.69. The van der Waals surface area contributed by atoms with Gasteiger partial charge in [0.2, 0.25) is 0 Å². The highest BCUT2D eigenvalue weighted by atomic mass is 16.2. The molecule has 0 radical (unpaired) electrons. The van der Waals surface area contributed by atoms with Crippen molar-refractivity contribution in [1.29, 1.82) is 0 Å². The number of pyridine rings is 1. The van der Waals surface area contributed by atoms with E-state index in [0.717, 1.165) is 48.5 Å². The van der Waals surface area contributed by atoms with Gasteiger partial charge in [0.1, 0.15) is 11.3 Å². The Morgan fingerprint density at radius 1 is 1.06 bits per heavy atom. The Morgan fingerprint density at radius 2 is 1.88 bits per heavy atom. The first-order valence-electron chi connectivity index (χ1n) is 12.4. The molecule has 0 spiro atoms. The van der Waals surface area contributed by atoms with Crippen LogP contribution in [0.2, 0.25) is 0 Å². The van der Waals surface area contributed by atoms with Gasteiger partial charge in [0.25, 0.3) is 5.91 Å². The number of benzene rings is 1. The maximum atomic E-state index is 13.4. The minimum absolute atomic E-state index is 0.0855. The van der Waals surface area contributed by atoms with Gasteiger partial charge in [0.05, 0.1) is 6.54 Å². The molecule has 1 aliphatic rings. The summed E-state index contributed by atoms with van der Waals surface area (Å²) in [6, 6.07) is 12.2. The van der Waals surface area contributed by atoms with Gasteiger partial charge in [0.15, 0.2) is 5.65 Å². The number of hydrogen-bond donors (Lipinski definition) is 0. The predicted octanol–water partition coefficient (Wildman–Crippen LogP) is 6.02. The van der Waals surface area contributed by atoms with Crippen LogP contribution in [0.15, 0.2) is 42.6 Å². The van der Waals surface area contributed by atoms with Gasteiger partial charge >= 0.3 is 0 Å². The number of rotatable bonds is 12. The van der Waals surface area contributed by atoms with Crippen LogP contribution < -0.4 is 0 Å². The highest BCUT2D eigenvalue weighted by molar-refractivity contribution is 5.94. The normalized spacial score (nSPS) is 13.6. The molecular weight excluding hydrogens is 396 g/mol. The molecule has 4 rings (SSSR count). The lowest BCUT2D eigenvalue weighted by Crippen LogP contribution is -2.32. The van der Waals surface area contributed by atoms with Gasteiger partial charge in [-0.1, -0.05) is 45.2 Å². The third-order valence-electron chi connectivity index (χ3n) is 6.35. The molecule has 1 aliphatic carbocycles. The number of aryl methyl sites for hydroxylation is 1. The highest BCUT2D eigenvalue weighted by Gasteiger charge is 2.26. The molecule has 0 unspecified atom stereocenters. The molecule has 0 N–H and O–H groups in total. The van der Waals surface area contributed by atoms with E-state index in [1.807, 2.05) is 35.4 Å². The van der Waals surface area contributed by atoms with Crippen molar-refractivity contribution in [2.24, 2.45) is 5.92 Å². The second-order valence-corrected chi connectivity index (χ2v) is 9.16. The monoisotopic (exact) mass is 432 g/mol. The lowest BCUT2D eigenvalue weighted by atomic mass is 10.0. The van der Waals surface area contributed by atoms with Gasteiger partial charge in [-0.05, 0) is 67.9 Å². The fraction of sp³-hybridized carbons (Fsp3) is 0.519. The molecule has 5 heteroatoms. The van der Waals surface area contributed by atoms with Gasteiger partial charge in [-0.25, -0.2) is 9.97 Å². The van der Waals surface area contributed by atoms with Crippen LogP contribution in [-0.4, -0.2) is 31.9 Å². The number of imidazole rings is 1. The first kappa shape index (κ1) is 22.5. The van der Waals surface area contributed by atoms with E-state index >= 15 is 0 Å². The maximum absolute atomic E-state index is 13.4. The molecule has 3 aromatic rings. The number of hydrogen-bond acceptors (Lipinski definition) is 3. The SMILES string of the molecule is CCCCCCc1ccc(C(=O)N(CCC)Cc2nc3cccnc3n2CC2CC2)cc1. The number of unbranched alkanes of at least 4 members (excludes halogenated alkanes) is 3. The molecule has 2 aromatic heterocycles. The van der Waals surface area contributed by atoms with Crippen LogP contribution in [0.1, 0.15) is 80.5 Å². The molecule has 1 saturated carbocycles. The number of carbonyl (C=O) groups is 1. The molecule has 2 heterocycles. The summed E-state index contributed by atoms with van der Waals surface area (Å²) in [6.45, 7) is 6.55. The average Bonchev–Trinajstić information content (AvgIpc) is 3.58. The summed E-state index contributed by atoms with van der Waals surface area (Å²) < 4.78 is 2.24. The second-order valence-electron chi connectivity index (χ2n) is 9.16. The fourth-order valence-electron chi connectivity index (χ4n) is 4.32. The first-order chi connectivity index (χ1) is 15.7. The Balaban J connectivity index is 1.49. The number of carbonyl (C=O) groups excluding carboxylic acids is 1. The number of amides is 1. The van der Waals surface area contributed by atoms with E-state index in [2.05, 4.69) is 35.5 Å². The van der Waals surface area contributed by atoms with E-state index < -0.39 is 0 Å². The van der Waals surface area contributed by atoms with Crippen LogP contribution >= 0.6 is 0 Å². The molecule has 1 amide bonds. The maximum Gasteiger partial charge on any atom is 0.254 e. The predicted molar refractivity (Wildman–Crippen MR) is 130 cm³/mol. The number of aromatic nitrogens is 3. The Morgan fingerprint density at radius 3 is 2.59 bits per heavy atom. The molecule has 0 atom stereocenters. The van der Waals surface area contributed by atoms with Gasteiger partial charge in [0, 0.05) is 24.8 Å². The topological polar surface area (TPSA) is 51.0 Å². The summed E-state index contributed by atoms with van der Waals surface area (Å²) in [5, 5.41) is 0. The third-order valence-corrected chi connectivity index (χ3v) is 6.35. The van der Waals surface area contributed by atoms with Crippen LogP contribution in [0.3, 0.4) is 0 Å². The van der Waals surface area contributed by atoms with Crippen LogP contribution in [-0.2, 0) is 19.5 Å². The minimum atomic E-state index is 0.0855. The van der Waals surface area contributed by atoms with E-state index in [1.54, 1.807) is 0 Å². The van der Waals surface area contributed by atoms with Gasteiger partial charge in [-0.3, -0.25) is 4.79 Å². The smallest absolute Gasteiger partial charge is 0.254 e. The molecule has 5 nitrogen and oxygen atoms in total. The van der Waals surface area contributed by atoms with Crippen LogP contribution in [0.5, 0.6) is 0 Å². The summed E-state index contributed by atoms with van der Waals surface area (Å²) in [7, 11) is 0. The third kappa shape index (κ3) is 5.56. The average molecular weight is 433 g/mol. The summed E-state index contributed by atoms with van der Waals surface area (Å²) in [4.78, 5) is 24.8. The second kappa shape index (κ2) is 10.8. The summed E-state index contributed by atoms with van der Waals surface area (Å²) in [6.07, 6.45) is 11.4. The zero-order chi connectivity index (χ0) is 22.3. The summed E-state index contributed by atoms with van der Waals surface area (Å²) in [5.41, 5.74) is 3.93. The zero-order valence-electron chi connectivity index (χ0n) is 19.6. The molecule has 32 heavy (non-hydrogen) atoms. The van der Waals surface area contributed by atoms with Crippen LogP contribution in [0.4, 0.5) is 0 Å². The lowest BCUT2D eigenvalue weighted by molar-refractivity contribution is 0.0737. The molecular formula is C27H36N4O. The first-order valence-corrected chi connectivity index (χ1v) is 12.4. The largest absolute Gasteiger partial charge is 0.331 e. The van der Waals surface area contributed by atoms with Crippen molar-refractivity contribution in [3.05, 3.63) is 59.5 Å². The van der Waals surface area contributed by atoms with Gasteiger partial charge in [-0.2, -0.15) is 0 Å². The van der Waals surface area contributed by atoms with E-state index in [-0.39, 0.29) is 5.91 Å². The van der Waals surface area contributed by atoms with Crippen molar-refractivity contribution in [2.75, 3.05) is 6.54 Å². The van der Waals surface area contributed by atoms with Crippen molar-refractivity contribution in [3.63, 3.8) is 0 Å². The van der Waals surface area contributed by atoms with E-state index in [4.69, 9.17) is 4.98 Å². The Bertz CT molecular complexity index is 1020. The van der Waals surface area contributed by atoms with Gasteiger partial charge < -0.3 is 9.47 Å². The standard InChI is InChI=1S/C27H36N4O/c1-3-5-6-7-9-21-13-15-23(16-14-21)27(32)30(18-4-2)20-25-29-24-10-8-17-28-26(24)31(25)19-22-11-12-22/h8,10,13-17,22H,3-7,9,11-12,18-20H2,1-2H3. The fourth-order valence-corrected chi connectivity index (χ4v) is 4.32. The van der Waals surface area contributed by atoms with Crippen molar-refractivity contribution in [1.82, 2.24) is 19.4 Å². The van der Waals surface area contributed by atoms with Crippen molar-refractivity contribution < 1.29 is 4.79 Å². The molecule has 1 fully saturated rings. The van der Waals surface area contributed by atoms with Crippen molar-refractivity contribution >= 4 is 17.1 Å². The van der Waals surface area contributed by atoms with E-state index in [1.165, 1.54) is 44.1 Å². The highest BCUT2D eigenvalue weighted by Crippen LogP contribution is 2.32. The lowest BCUT2D eigenvalue weighted by Gasteiger charge is -2.22. The number of fused-ring (bicyclic) bond motifs is 1. The van der Waals surface area contributed by atoms with E-state index in [9.17, 15) is 4.79 Å². The van der Waals surface area contributed by atoms with Crippen molar-refractivity contribution in [2.45, 2.75) is 78.3 Å². The molecule has 170 valence electrons. The number of nitrogens with zero attached hydrogens (tertiary/aromatic N) is 4. The minimum Gasteiger partial charge on any atom is -0.331 e. The molecule has 0 saturated heterocycles. The van der Waals surface area contributed by atoms with Crippen molar-refractivity contribution in [3.8, 4) is 0 Å². The zero-order valence-corrected chi connectivity index (χ0v) is 19.6. The molecule has 0 aliphatic heterocycles. The Labute approximate surface area is 191 Å². The van der Waals surface area contributed by atoms with Gasteiger partial charge in [-0.15, -0.1) is 0 Å². The van der Waals surface area contributed by atoms with Crippen LogP contribution in [0, 0.1) is 5.92 Å². The van der Waals surface area contributed by atoms with Crippen LogP contribution in [0.25, 0.3) is 11.2 Å². The molecule has 0 bridgehead atoms. The summed E-state index contributed by atoms with van der Waals surface area (Å²) in [5.74, 6) is 1.75. The summed E-state index contributed by atoms with van der Waals surface area (Å²) >= 11 is 0. The molecule has 1 aromatic carbocycles.